The molecule has 0 aromatic heterocycles. The highest BCUT2D eigenvalue weighted by molar-refractivity contribution is 6.08. The van der Waals surface area contributed by atoms with Gasteiger partial charge in [-0.2, -0.15) is 0 Å². The van der Waals surface area contributed by atoms with Gasteiger partial charge in [-0.05, 0) is 78.0 Å². The normalized spacial score (nSPS) is 18.3. The van der Waals surface area contributed by atoms with E-state index in [1.54, 1.807) is 0 Å². The van der Waals surface area contributed by atoms with Crippen molar-refractivity contribution < 1.29 is 9.31 Å². The van der Waals surface area contributed by atoms with Gasteiger partial charge in [-0.1, -0.05) is 24.3 Å². The van der Waals surface area contributed by atoms with Crippen molar-refractivity contribution in [1.29, 1.82) is 0 Å². The van der Waals surface area contributed by atoms with Crippen molar-refractivity contribution in [1.82, 2.24) is 0 Å². The number of anilines is 1. The summed E-state index contributed by atoms with van der Waals surface area (Å²) in [5.74, 6) is 0.742. The molecule has 1 heterocycles. The Morgan fingerprint density at radius 1 is 0.970 bits per heavy atom. The summed E-state index contributed by atoms with van der Waals surface area (Å²) in [5, 5.41) is 0. The molecule has 3 aliphatic rings. The first-order valence-electron chi connectivity index (χ1n) is 11.5. The second kappa shape index (κ2) is 7.87. The van der Waals surface area contributed by atoms with E-state index in [2.05, 4.69) is 112 Å². The van der Waals surface area contributed by atoms with E-state index in [1.807, 2.05) is 0 Å². The molecule has 0 atom stereocenters. The number of nitrogens with zero attached hydrogens (tertiary/aromatic N) is 3. The van der Waals surface area contributed by atoms with Gasteiger partial charge in [-0.3, -0.25) is 0 Å². The molecule has 0 fully saturated rings. The van der Waals surface area contributed by atoms with Crippen LogP contribution in [0.25, 0.3) is 5.57 Å². The van der Waals surface area contributed by atoms with Crippen LogP contribution < -0.4 is 4.90 Å². The van der Waals surface area contributed by atoms with Crippen LogP contribution in [-0.2, 0) is 11.2 Å². The largest absolute Gasteiger partial charge is 0.475 e. The Balaban J connectivity index is 1.77. The van der Waals surface area contributed by atoms with Crippen molar-refractivity contribution in [3.63, 3.8) is 0 Å². The van der Waals surface area contributed by atoms with E-state index in [1.165, 1.54) is 44.8 Å². The van der Waals surface area contributed by atoms with Crippen LogP contribution in [0.5, 0.6) is 0 Å². The van der Waals surface area contributed by atoms with Crippen LogP contribution in [0.3, 0.4) is 0 Å². The van der Waals surface area contributed by atoms with Gasteiger partial charge in [0.25, 0.3) is 0 Å². The van der Waals surface area contributed by atoms with Crippen LogP contribution in [0.4, 0.5) is 5.69 Å². The van der Waals surface area contributed by atoms with Crippen molar-refractivity contribution in [2.45, 2.75) is 25.8 Å². The maximum atomic E-state index is 6.09. The highest BCUT2D eigenvalue weighted by Gasteiger charge is 2.31. The predicted molar refractivity (Wildman–Crippen MR) is 138 cm³/mol. The highest BCUT2D eigenvalue weighted by Crippen LogP contribution is 2.43. The fourth-order valence-electron chi connectivity index (χ4n) is 4.75. The molecule has 0 unspecified atom stereocenters. The first kappa shape index (κ1) is 21.4. The number of ether oxygens (including phenoxy) is 1. The zero-order valence-electron chi connectivity index (χ0n) is 20.4. The number of benzene rings is 2. The van der Waals surface area contributed by atoms with Gasteiger partial charge in [0.05, 0.1) is 5.54 Å². The Morgan fingerprint density at radius 2 is 1.73 bits per heavy atom. The third-order valence-electron chi connectivity index (χ3n) is 6.52. The second-order valence-electron chi connectivity index (χ2n) is 10.1. The molecule has 2 aromatic carbocycles. The molecule has 33 heavy (non-hydrogen) atoms. The average Bonchev–Trinajstić information content (AvgIpc) is 3.16. The van der Waals surface area contributed by atoms with Gasteiger partial charge in [0.1, 0.15) is 20.7 Å². The molecule has 0 spiro atoms. The van der Waals surface area contributed by atoms with Crippen LogP contribution in [0.2, 0.25) is 0 Å². The molecule has 0 bridgehead atoms. The molecule has 4 nitrogen and oxygen atoms in total. The fourth-order valence-corrected chi connectivity index (χ4v) is 4.75. The lowest BCUT2D eigenvalue weighted by Gasteiger charge is -2.28. The van der Waals surface area contributed by atoms with E-state index in [0.29, 0.717) is 6.61 Å². The first-order valence-corrected chi connectivity index (χ1v) is 11.5. The SMILES string of the molecule is CN(C)c1ccc2c(c1)CC1=CC(=[N+](C)C)C=CC1=C2c1ccccc1C1=NC(C)(C)CO1. The quantitative estimate of drug-likeness (QED) is 0.639. The van der Waals surface area contributed by atoms with Crippen molar-refractivity contribution in [3.05, 3.63) is 94.1 Å². The van der Waals surface area contributed by atoms with E-state index in [0.717, 1.165) is 17.9 Å². The minimum atomic E-state index is -0.198. The molecule has 0 radical (unpaired) electrons. The number of fused-ring (bicyclic) bond motifs is 2. The third kappa shape index (κ3) is 3.84. The number of aliphatic imine (C=N–C) groups is 1. The lowest BCUT2D eigenvalue weighted by atomic mass is 9.76. The molecule has 5 rings (SSSR count). The van der Waals surface area contributed by atoms with E-state index in [-0.39, 0.29) is 5.54 Å². The van der Waals surface area contributed by atoms with Gasteiger partial charge in [0.15, 0.2) is 5.71 Å². The summed E-state index contributed by atoms with van der Waals surface area (Å²) in [6, 6.07) is 15.4. The van der Waals surface area contributed by atoms with Crippen molar-refractivity contribution in [3.8, 4) is 0 Å². The van der Waals surface area contributed by atoms with Crippen LogP contribution >= 0.6 is 0 Å². The van der Waals surface area contributed by atoms with E-state index in [9.17, 15) is 0 Å². The van der Waals surface area contributed by atoms with Crippen molar-refractivity contribution in [2.75, 3.05) is 39.7 Å². The molecule has 4 heteroatoms. The summed E-state index contributed by atoms with van der Waals surface area (Å²) in [7, 11) is 8.39. The van der Waals surface area contributed by atoms with Crippen LogP contribution in [0.15, 0.2) is 76.8 Å². The lowest BCUT2D eigenvalue weighted by Crippen LogP contribution is -2.18. The molecule has 2 aromatic rings. The molecular formula is C29H32N3O+. The summed E-state index contributed by atoms with van der Waals surface area (Å²) in [6.07, 6.45) is 7.74. The molecular weight excluding hydrogens is 406 g/mol. The van der Waals surface area contributed by atoms with Gasteiger partial charge in [0.2, 0.25) is 5.90 Å². The van der Waals surface area contributed by atoms with Crippen LogP contribution in [0, 0.1) is 0 Å². The molecule has 0 N–H and O–H groups in total. The number of hydrogen-bond donors (Lipinski definition) is 0. The van der Waals surface area contributed by atoms with Crippen molar-refractivity contribution in [2.24, 2.45) is 4.99 Å². The Labute approximate surface area is 196 Å². The van der Waals surface area contributed by atoms with Gasteiger partial charge in [0, 0.05) is 37.5 Å². The molecule has 0 saturated heterocycles. The van der Waals surface area contributed by atoms with Gasteiger partial charge >= 0.3 is 0 Å². The summed E-state index contributed by atoms with van der Waals surface area (Å²) >= 11 is 0. The fraction of sp³-hybridized carbons (Fsp3) is 0.310. The standard InChI is InChI=1S/C29H32N3O/c1-29(2)18-33-28(30-29)26-10-8-7-9-25(26)27-23-13-11-21(31(3)4)16-19(23)15-20-17-22(32(5)6)12-14-24(20)27/h7-14,16-17H,15,18H2,1-6H3/q+1. The first-order chi connectivity index (χ1) is 15.7. The molecule has 0 saturated carbocycles. The molecule has 1 aliphatic heterocycles. The molecule has 0 amide bonds. The van der Waals surface area contributed by atoms with Gasteiger partial charge < -0.3 is 9.64 Å². The number of allylic oxidation sites excluding steroid dienone is 5. The number of rotatable bonds is 3. The van der Waals surface area contributed by atoms with Gasteiger partial charge in [-0.25, -0.2) is 9.57 Å². The predicted octanol–water partition coefficient (Wildman–Crippen LogP) is 4.88. The third-order valence-corrected chi connectivity index (χ3v) is 6.52. The Bertz CT molecular complexity index is 1300. The maximum Gasteiger partial charge on any atom is 0.217 e. The molecule has 2 aliphatic carbocycles. The summed E-state index contributed by atoms with van der Waals surface area (Å²) in [6.45, 7) is 4.84. The minimum absolute atomic E-state index is 0.198. The van der Waals surface area contributed by atoms with E-state index in [4.69, 9.17) is 9.73 Å². The summed E-state index contributed by atoms with van der Waals surface area (Å²) in [5.41, 5.74) is 11.0. The lowest BCUT2D eigenvalue weighted by molar-refractivity contribution is -0.462. The second-order valence-corrected chi connectivity index (χ2v) is 10.1. The van der Waals surface area contributed by atoms with Crippen LogP contribution in [0.1, 0.15) is 36.1 Å². The smallest absolute Gasteiger partial charge is 0.217 e. The summed E-state index contributed by atoms with van der Waals surface area (Å²) < 4.78 is 8.26. The average molecular weight is 439 g/mol. The van der Waals surface area contributed by atoms with Gasteiger partial charge in [-0.15, -0.1) is 0 Å². The number of hydrogen-bond acceptors (Lipinski definition) is 3. The Hall–Kier alpha value is -3.40. The van der Waals surface area contributed by atoms with Crippen molar-refractivity contribution >= 4 is 22.9 Å². The molecule has 168 valence electrons. The van der Waals surface area contributed by atoms with E-state index >= 15 is 0 Å². The minimum Gasteiger partial charge on any atom is -0.475 e. The maximum absolute atomic E-state index is 6.09. The Kier molecular flexibility index (Phi) is 5.12. The van der Waals surface area contributed by atoms with Crippen LogP contribution in [-0.4, -0.2) is 56.5 Å². The summed E-state index contributed by atoms with van der Waals surface area (Å²) in [4.78, 5) is 7.07. The monoisotopic (exact) mass is 438 g/mol. The zero-order chi connectivity index (χ0) is 23.3. The topological polar surface area (TPSA) is 27.8 Å². The Morgan fingerprint density at radius 3 is 2.39 bits per heavy atom. The zero-order valence-corrected chi connectivity index (χ0v) is 20.4. The van der Waals surface area contributed by atoms with E-state index < -0.39 is 0 Å². The highest BCUT2D eigenvalue weighted by atomic mass is 16.5.